The number of hydrogen-bond donors (Lipinski definition) is 1. The van der Waals surface area contributed by atoms with Crippen molar-refractivity contribution < 1.29 is 4.39 Å². The molecular formula is C18H22FN3O. The van der Waals surface area contributed by atoms with E-state index in [1.165, 1.54) is 18.9 Å². The largest absolute Gasteiger partial charge is 0.355 e. The minimum absolute atomic E-state index is 0.113. The maximum absolute atomic E-state index is 14.0. The Morgan fingerprint density at radius 1 is 1.30 bits per heavy atom. The van der Waals surface area contributed by atoms with Crippen LogP contribution >= 0.6 is 0 Å². The van der Waals surface area contributed by atoms with E-state index in [1.54, 1.807) is 18.2 Å². The Labute approximate surface area is 134 Å². The van der Waals surface area contributed by atoms with Crippen molar-refractivity contribution in [1.82, 2.24) is 14.8 Å². The van der Waals surface area contributed by atoms with Gasteiger partial charge in [-0.1, -0.05) is 6.07 Å². The zero-order valence-corrected chi connectivity index (χ0v) is 13.4. The van der Waals surface area contributed by atoms with Crippen molar-refractivity contribution in [1.29, 1.82) is 0 Å². The van der Waals surface area contributed by atoms with Gasteiger partial charge in [-0.25, -0.2) is 4.39 Å². The van der Waals surface area contributed by atoms with E-state index in [2.05, 4.69) is 21.7 Å². The molecule has 2 aromatic rings. The molecule has 1 unspecified atom stereocenters. The molecule has 23 heavy (non-hydrogen) atoms. The molecule has 4 nitrogen and oxygen atoms in total. The Bertz CT molecular complexity index is 783. The van der Waals surface area contributed by atoms with Gasteiger partial charge in [0.2, 0.25) is 0 Å². The highest BCUT2D eigenvalue weighted by molar-refractivity contribution is 5.78. The van der Waals surface area contributed by atoms with E-state index >= 15 is 0 Å². The Kier molecular flexibility index (Phi) is 3.70. The normalized spacial score (nSPS) is 23.5. The van der Waals surface area contributed by atoms with Crippen molar-refractivity contribution >= 4 is 10.9 Å². The fraction of sp³-hybridized carbons (Fsp3) is 0.500. The average Bonchev–Trinajstić information content (AvgIpc) is 3.35. The number of piperazine rings is 1. The highest BCUT2D eigenvalue weighted by Gasteiger charge is 2.33. The van der Waals surface area contributed by atoms with Crippen LogP contribution in [-0.4, -0.2) is 46.5 Å². The summed E-state index contributed by atoms with van der Waals surface area (Å²) in [5.41, 5.74) is 0.996. The molecule has 2 heterocycles. The fourth-order valence-corrected chi connectivity index (χ4v) is 3.62. The van der Waals surface area contributed by atoms with Crippen LogP contribution in [0.1, 0.15) is 25.5 Å². The number of hydrogen-bond acceptors (Lipinski definition) is 3. The second kappa shape index (κ2) is 5.73. The third-order valence-corrected chi connectivity index (χ3v) is 5.10. The van der Waals surface area contributed by atoms with Gasteiger partial charge in [0, 0.05) is 55.4 Å². The standard InChI is InChI=1S/C18H22FN3O/c1-12-10-22(14-5-6-14)8-7-21(12)11-13-9-17(23)15-3-2-4-16(19)18(15)20-13/h2-4,9,12,14H,5-8,10-11H2,1H3,(H,20,23). The molecule has 1 atom stereocenters. The smallest absolute Gasteiger partial charge is 0.189 e. The van der Waals surface area contributed by atoms with Crippen LogP contribution in [0, 0.1) is 5.82 Å². The predicted molar refractivity (Wildman–Crippen MR) is 89.0 cm³/mol. The van der Waals surface area contributed by atoms with Gasteiger partial charge in [-0.05, 0) is 31.9 Å². The summed E-state index contributed by atoms with van der Waals surface area (Å²) in [6, 6.07) is 7.49. The number of aromatic amines is 1. The summed E-state index contributed by atoms with van der Waals surface area (Å²) in [5.74, 6) is -0.368. The van der Waals surface area contributed by atoms with Gasteiger partial charge in [0.05, 0.1) is 5.52 Å². The van der Waals surface area contributed by atoms with Crippen molar-refractivity contribution in [3.05, 3.63) is 46.0 Å². The lowest BCUT2D eigenvalue weighted by Gasteiger charge is -2.40. The van der Waals surface area contributed by atoms with Crippen LogP contribution in [0.4, 0.5) is 4.39 Å². The maximum Gasteiger partial charge on any atom is 0.189 e. The zero-order chi connectivity index (χ0) is 16.0. The number of para-hydroxylation sites is 1. The second-order valence-corrected chi connectivity index (χ2v) is 6.87. The van der Waals surface area contributed by atoms with Crippen LogP contribution in [0.2, 0.25) is 0 Å². The summed E-state index contributed by atoms with van der Waals surface area (Å²) in [5, 5.41) is 0.417. The lowest BCUT2D eigenvalue weighted by atomic mass is 10.1. The van der Waals surface area contributed by atoms with Crippen molar-refractivity contribution in [2.45, 2.75) is 38.4 Å². The van der Waals surface area contributed by atoms with E-state index in [9.17, 15) is 9.18 Å². The van der Waals surface area contributed by atoms with E-state index < -0.39 is 0 Å². The quantitative estimate of drug-likeness (QED) is 0.945. The number of benzene rings is 1. The number of nitrogens with one attached hydrogen (secondary N) is 1. The number of nitrogens with zero attached hydrogens (tertiary/aromatic N) is 2. The first-order valence-electron chi connectivity index (χ1n) is 8.40. The molecule has 1 aliphatic heterocycles. The Balaban J connectivity index is 1.55. The first-order valence-corrected chi connectivity index (χ1v) is 8.40. The number of H-pyrrole nitrogens is 1. The van der Waals surface area contributed by atoms with Gasteiger partial charge in [0.1, 0.15) is 5.82 Å². The predicted octanol–water partition coefficient (Wildman–Crippen LogP) is 2.34. The molecule has 1 saturated carbocycles. The summed E-state index contributed by atoms with van der Waals surface area (Å²) < 4.78 is 14.0. The molecule has 0 radical (unpaired) electrons. The topological polar surface area (TPSA) is 39.3 Å². The van der Waals surface area contributed by atoms with Crippen LogP contribution < -0.4 is 5.43 Å². The molecule has 2 fully saturated rings. The van der Waals surface area contributed by atoms with Gasteiger partial charge in [-0.15, -0.1) is 0 Å². The zero-order valence-electron chi connectivity index (χ0n) is 13.4. The summed E-state index contributed by atoms with van der Waals surface area (Å²) in [6.07, 6.45) is 2.67. The van der Waals surface area contributed by atoms with E-state index in [-0.39, 0.29) is 11.2 Å². The van der Waals surface area contributed by atoms with Crippen molar-refractivity contribution in [3.63, 3.8) is 0 Å². The summed E-state index contributed by atoms with van der Waals surface area (Å²) in [6.45, 7) is 6.06. The van der Waals surface area contributed by atoms with Crippen molar-refractivity contribution in [2.75, 3.05) is 19.6 Å². The molecule has 4 rings (SSSR count). The van der Waals surface area contributed by atoms with E-state index in [4.69, 9.17) is 0 Å². The van der Waals surface area contributed by atoms with Crippen molar-refractivity contribution in [3.8, 4) is 0 Å². The van der Waals surface area contributed by atoms with E-state index in [0.29, 0.717) is 23.5 Å². The highest BCUT2D eigenvalue weighted by Crippen LogP contribution is 2.29. The highest BCUT2D eigenvalue weighted by atomic mass is 19.1. The Morgan fingerprint density at radius 3 is 2.87 bits per heavy atom. The first-order chi connectivity index (χ1) is 11.1. The van der Waals surface area contributed by atoms with Crippen LogP contribution in [0.25, 0.3) is 10.9 Å². The summed E-state index contributed by atoms with van der Waals surface area (Å²) >= 11 is 0. The van der Waals surface area contributed by atoms with E-state index in [1.807, 2.05) is 0 Å². The molecule has 122 valence electrons. The Hall–Kier alpha value is -1.72. The minimum atomic E-state index is -0.368. The van der Waals surface area contributed by atoms with Gasteiger partial charge in [-0.2, -0.15) is 0 Å². The number of fused-ring (bicyclic) bond motifs is 1. The molecule has 1 N–H and O–H groups in total. The first kappa shape index (κ1) is 14.8. The molecule has 1 aromatic carbocycles. The van der Waals surface area contributed by atoms with Gasteiger partial charge in [-0.3, -0.25) is 14.6 Å². The van der Waals surface area contributed by atoms with Gasteiger partial charge in [0.25, 0.3) is 0 Å². The average molecular weight is 315 g/mol. The minimum Gasteiger partial charge on any atom is -0.355 e. The summed E-state index contributed by atoms with van der Waals surface area (Å²) in [4.78, 5) is 20.3. The van der Waals surface area contributed by atoms with Crippen LogP contribution in [0.5, 0.6) is 0 Å². The molecule has 1 aromatic heterocycles. The molecule has 1 saturated heterocycles. The summed E-state index contributed by atoms with van der Waals surface area (Å²) in [7, 11) is 0. The monoisotopic (exact) mass is 315 g/mol. The van der Waals surface area contributed by atoms with Gasteiger partial charge < -0.3 is 4.98 Å². The molecular weight excluding hydrogens is 293 g/mol. The SMILES string of the molecule is CC1CN(C2CC2)CCN1Cc1cc(=O)c2cccc(F)c2[nH]1. The number of aromatic nitrogens is 1. The molecule has 0 bridgehead atoms. The van der Waals surface area contributed by atoms with Gasteiger partial charge in [0.15, 0.2) is 5.43 Å². The lowest BCUT2D eigenvalue weighted by molar-refractivity contribution is 0.0721. The third kappa shape index (κ3) is 2.91. The molecule has 1 aliphatic carbocycles. The third-order valence-electron chi connectivity index (χ3n) is 5.10. The van der Waals surface area contributed by atoms with E-state index in [0.717, 1.165) is 31.4 Å². The number of rotatable bonds is 3. The molecule has 0 amide bonds. The van der Waals surface area contributed by atoms with Crippen LogP contribution in [0.3, 0.4) is 0 Å². The maximum atomic E-state index is 14.0. The molecule has 5 heteroatoms. The van der Waals surface area contributed by atoms with Crippen LogP contribution in [-0.2, 0) is 6.54 Å². The fourth-order valence-electron chi connectivity index (χ4n) is 3.62. The Morgan fingerprint density at radius 2 is 2.13 bits per heavy atom. The molecule has 0 spiro atoms. The number of halogens is 1. The van der Waals surface area contributed by atoms with Crippen LogP contribution in [0.15, 0.2) is 29.1 Å². The lowest BCUT2D eigenvalue weighted by Crippen LogP contribution is -2.52. The van der Waals surface area contributed by atoms with Crippen molar-refractivity contribution in [2.24, 2.45) is 0 Å². The number of pyridine rings is 1. The second-order valence-electron chi connectivity index (χ2n) is 6.87. The van der Waals surface area contributed by atoms with Gasteiger partial charge >= 0.3 is 0 Å². The molecule has 2 aliphatic rings.